The van der Waals surface area contributed by atoms with Crippen molar-refractivity contribution >= 4 is 63.7 Å². The second-order valence-electron chi connectivity index (χ2n) is 9.90. The van der Waals surface area contributed by atoms with Crippen LogP contribution in [0.3, 0.4) is 0 Å². The highest BCUT2D eigenvalue weighted by Gasteiger charge is 2.53. The van der Waals surface area contributed by atoms with Gasteiger partial charge in [0.15, 0.2) is 41.2 Å². The molecule has 0 bridgehead atoms. The molecule has 2 aliphatic rings. The van der Waals surface area contributed by atoms with E-state index in [1.807, 2.05) is 0 Å². The minimum atomic E-state index is -2.92. The first-order chi connectivity index (χ1) is 22.2. The molecule has 0 amide bonds. The number of thiol groups is 1. The molecule has 246 valence electrons. The van der Waals surface area contributed by atoms with E-state index < -0.39 is 71.6 Å². The maximum atomic E-state index is 13.1. The number of rotatable bonds is 13. The van der Waals surface area contributed by atoms with Crippen LogP contribution >= 0.6 is 29.6 Å². The van der Waals surface area contributed by atoms with E-state index in [1.165, 1.54) is 35.2 Å². The number of hydrogen-bond donors (Lipinski definition) is 5. The van der Waals surface area contributed by atoms with Gasteiger partial charge in [-0.25, -0.2) is 24.5 Å². The molecular weight excluding hydrogens is 674 g/mol. The number of anilines is 2. The van der Waals surface area contributed by atoms with E-state index in [4.69, 9.17) is 44.0 Å². The smallest absolute Gasteiger partial charge is 0.385 e. The molecule has 2 saturated heterocycles. The van der Waals surface area contributed by atoms with Crippen LogP contribution in [0, 0.1) is 0 Å². The zero-order valence-electron chi connectivity index (χ0n) is 23.6. The fraction of sp³-hybridized carbons (Fsp3) is 0.545. The van der Waals surface area contributed by atoms with E-state index >= 15 is 0 Å². The van der Waals surface area contributed by atoms with Crippen LogP contribution in [0.1, 0.15) is 12.5 Å². The lowest BCUT2D eigenvalue weighted by Gasteiger charge is -2.22. The van der Waals surface area contributed by atoms with Crippen molar-refractivity contribution in [2.75, 3.05) is 37.7 Å². The number of methoxy groups -OCH3 is 1. The highest BCUT2D eigenvalue weighted by Crippen LogP contribution is 2.41. The number of aromatic amines is 1. The van der Waals surface area contributed by atoms with Crippen LogP contribution in [0.5, 0.6) is 0 Å². The van der Waals surface area contributed by atoms with Crippen LogP contribution in [0.25, 0.3) is 22.3 Å². The van der Waals surface area contributed by atoms with Gasteiger partial charge in [0.05, 0.1) is 25.2 Å². The van der Waals surface area contributed by atoms with Crippen molar-refractivity contribution in [2.45, 2.75) is 49.1 Å². The highest BCUT2D eigenvalue weighted by atomic mass is 32.1. The Balaban J connectivity index is 1.17. The van der Waals surface area contributed by atoms with Gasteiger partial charge in [-0.2, -0.15) is 17.6 Å². The minimum Gasteiger partial charge on any atom is -0.385 e. The zero-order valence-corrected chi connectivity index (χ0v) is 26.3. The molecule has 6 N–H and O–H groups in total. The molecule has 2 aliphatic heterocycles. The van der Waals surface area contributed by atoms with Crippen LogP contribution in [0.4, 0.5) is 11.8 Å². The number of H-pyrrole nitrogens is 1. The molecule has 9 unspecified atom stereocenters. The van der Waals surface area contributed by atoms with Crippen molar-refractivity contribution in [3.63, 3.8) is 0 Å². The fourth-order valence-electron chi connectivity index (χ4n) is 5.38. The number of imidazole rings is 2. The highest BCUT2D eigenvalue weighted by molar-refractivity contribution is 7.80. The SMILES string of the molecule is COC1C(CO[P+](=O)OC2C(COP=O)OC(n3cnc4c(N)ncnc43)C2O)OC(n2cnc3c(=O)[nH]c(N)nc32)C1OCS. The van der Waals surface area contributed by atoms with Crippen molar-refractivity contribution in [2.24, 2.45) is 0 Å². The van der Waals surface area contributed by atoms with Crippen LogP contribution < -0.4 is 17.0 Å². The summed E-state index contributed by atoms with van der Waals surface area (Å²) in [4.78, 5) is 35.2. The Morgan fingerprint density at radius 1 is 1.04 bits per heavy atom. The molecule has 4 aromatic rings. The van der Waals surface area contributed by atoms with E-state index in [2.05, 4.69) is 42.5 Å². The molecule has 0 radical (unpaired) electrons. The summed E-state index contributed by atoms with van der Waals surface area (Å²) in [6.45, 7) is -0.617. The predicted octanol–water partition coefficient (Wildman–Crippen LogP) is -0.150. The van der Waals surface area contributed by atoms with Crippen LogP contribution in [-0.2, 0) is 41.6 Å². The van der Waals surface area contributed by atoms with Gasteiger partial charge in [-0.15, -0.1) is 9.05 Å². The second kappa shape index (κ2) is 13.8. The topological polar surface area (TPSA) is 278 Å². The van der Waals surface area contributed by atoms with Crippen LogP contribution in [-0.4, -0.2) is 107 Å². The molecule has 0 saturated carbocycles. The Morgan fingerprint density at radius 3 is 2.50 bits per heavy atom. The lowest BCUT2D eigenvalue weighted by atomic mass is 10.1. The van der Waals surface area contributed by atoms with Gasteiger partial charge in [0.1, 0.15) is 49.0 Å². The maximum absolute atomic E-state index is 13.1. The molecule has 9 atom stereocenters. The lowest BCUT2D eigenvalue weighted by molar-refractivity contribution is -0.0602. The number of aliphatic hydroxyl groups is 1. The zero-order chi connectivity index (χ0) is 32.5. The fourth-order valence-corrected chi connectivity index (χ4v) is 6.55. The summed E-state index contributed by atoms with van der Waals surface area (Å²) >= 11 is 4.16. The average molecular weight is 702 g/mol. The van der Waals surface area contributed by atoms with Crippen molar-refractivity contribution in [1.82, 2.24) is 39.0 Å². The van der Waals surface area contributed by atoms with E-state index in [1.54, 1.807) is 0 Å². The second-order valence-corrected chi connectivity index (χ2v) is 11.5. The van der Waals surface area contributed by atoms with Gasteiger partial charge < -0.3 is 35.5 Å². The summed E-state index contributed by atoms with van der Waals surface area (Å²) in [5.74, 6) is -0.0251. The minimum absolute atomic E-state index is 0.0179. The number of hydrogen-bond acceptors (Lipinski definition) is 19. The third-order valence-electron chi connectivity index (χ3n) is 7.36. The summed E-state index contributed by atoms with van der Waals surface area (Å²) in [6.07, 6.45) is -4.32. The van der Waals surface area contributed by atoms with Crippen molar-refractivity contribution in [1.29, 1.82) is 0 Å². The average Bonchev–Trinajstić information content (AvgIpc) is 3.80. The van der Waals surface area contributed by atoms with Gasteiger partial charge in [-0.3, -0.25) is 23.4 Å². The number of nitrogens with zero attached hydrogens (tertiary/aromatic N) is 7. The molecule has 24 heteroatoms. The molecule has 0 aromatic carbocycles. The van der Waals surface area contributed by atoms with Gasteiger partial charge in [-0.05, 0) is 0 Å². The summed E-state index contributed by atoms with van der Waals surface area (Å²) in [6, 6.07) is 0. The molecule has 46 heavy (non-hydrogen) atoms. The normalized spacial score (nSPS) is 28.5. The molecule has 4 aromatic heterocycles. The maximum Gasteiger partial charge on any atom is 0.697 e. The molecule has 21 nitrogen and oxygen atoms in total. The quantitative estimate of drug-likeness (QED) is 0.0688. The molecule has 6 rings (SSSR count). The summed E-state index contributed by atoms with van der Waals surface area (Å²) in [5, 5.41) is 11.2. The molecule has 2 fully saturated rings. The number of fused-ring (bicyclic) bond motifs is 2. The van der Waals surface area contributed by atoms with E-state index in [0.29, 0.717) is 0 Å². The Hall–Kier alpha value is -3.27. The first-order valence-corrected chi connectivity index (χ1v) is 15.8. The monoisotopic (exact) mass is 701 g/mol. The molecule has 0 aliphatic carbocycles. The Bertz CT molecular complexity index is 1790. The molecular formula is C22H27N10O11P2S+. The first kappa shape index (κ1) is 32.7. The van der Waals surface area contributed by atoms with E-state index in [-0.39, 0.29) is 53.2 Å². The van der Waals surface area contributed by atoms with Crippen LogP contribution in [0.2, 0.25) is 0 Å². The number of nitrogens with one attached hydrogen (secondary N) is 1. The summed E-state index contributed by atoms with van der Waals surface area (Å²) in [7, 11) is -2.14. The van der Waals surface area contributed by atoms with E-state index in [0.717, 1.165) is 0 Å². The van der Waals surface area contributed by atoms with Crippen molar-refractivity contribution in [3.05, 3.63) is 29.3 Å². The Kier molecular flexibility index (Phi) is 9.83. The Morgan fingerprint density at radius 2 is 1.76 bits per heavy atom. The molecule has 6 heterocycles. The Labute approximate surface area is 265 Å². The first-order valence-electron chi connectivity index (χ1n) is 13.4. The number of ether oxygens (including phenoxy) is 4. The van der Waals surface area contributed by atoms with Gasteiger partial charge >= 0.3 is 16.9 Å². The number of nitrogens with two attached hydrogens (primary N) is 2. The lowest BCUT2D eigenvalue weighted by Crippen LogP contribution is -2.37. The largest absolute Gasteiger partial charge is 0.697 e. The summed E-state index contributed by atoms with van der Waals surface area (Å²) < 4.78 is 66.6. The van der Waals surface area contributed by atoms with Crippen LogP contribution in [0.15, 0.2) is 23.8 Å². The standard InChI is InChI=1S/C22H26N10O11P2S/c1-37-14-9(42-21(15(14)38-7-46)32-6-28-11-18(32)29-22(24)30-19(11)34)3-40-45(36)43-13-8(2-39-44-35)41-20(12(13)33)31-5-27-10-16(23)25-4-26-17(10)31/h4-6,8-9,12-15,20-21,33H,2-3,7H2,1H3,(H5-,23,24,25,26,29,30,34,46)/p+1. The van der Waals surface area contributed by atoms with Crippen molar-refractivity contribution < 1.29 is 46.8 Å². The van der Waals surface area contributed by atoms with E-state index in [9.17, 15) is 19.0 Å². The summed E-state index contributed by atoms with van der Waals surface area (Å²) in [5.41, 5.74) is 11.8. The third-order valence-corrected chi connectivity index (χ3v) is 8.54. The third kappa shape index (κ3) is 6.09. The number of aromatic nitrogens is 8. The van der Waals surface area contributed by atoms with Gasteiger partial charge in [0, 0.05) is 11.7 Å². The van der Waals surface area contributed by atoms with Gasteiger partial charge in [-0.1, -0.05) is 0 Å². The van der Waals surface area contributed by atoms with Gasteiger partial charge in [0.2, 0.25) is 5.95 Å². The molecule has 0 spiro atoms. The van der Waals surface area contributed by atoms with Gasteiger partial charge in [0.25, 0.3) is 5.56 Å². The number of nitrogen functional groups attached to an aromatic ring is 2. The van der Waals surface area contributed by atoms with Crippen molar-refractivity contribution in [3.8, 4) is 0 Å². The number of aliphatic hydroxyl groups excluding tert-OH is 1. The predicted molar refractivity (Wildman–Crippen MR) is 158 cm³/mol.